The number of hydrogen-bond acceptors (Lipinski definition) is 7. The minimum atomic E-state index is -0.524. The Hall–Kier alpha value is -3.07. The summed E-state index contributed by atoms with van der Waals surface area (Å²) in [6, 6.07) is 5.84. The molecule has 0 radical (unpaired) electrons. The molecule has 0 bridgehead atoms. The number of imidazole rings is 1. The fraction of sp³-hybridized carbons (Fsp3) is 0. The molecule has 3 N–H and O–H groups in total. The minimum Gasteiger partial charge on any atom is -0.421 e. The predicted octanol–water partition coefficient (Wildman–Crippen LogP) is 1.27. The number of nitrogens with two attached hydrogens (primary N) is 1. The topological polar surface area (TPSA) is 104 Å². The van der Waals surface area contributed by atoms with Gasteiger partial charge in [0.2, 0.25) is 11.9 Å². The summed E-state index contributed by atoms with van der Waals surface area (Å²) in [6.07, 6.45) is 4.71. The molecule has 0 saturated carbocycles. The van der Waals surface area contributed by atoms with Crippen molar-refractivity contribution in [3.63, 3.8) is 0 Å². The first-order valence-electron chi connectivity index (χ1n) is 5.89. The summed E-state index contributed by atoms with van der Waals surface area (Å²) in [7, 11) is 0. The lowest BCUT2D eigenvalue weighted by molar-refractivity contribution is 0.409. The Kier molecular flexibility index (Phi) is 3.39. The fourth-order valence-corrected chi connectivity index (χ4v) is 1.57. The third kappa shape index (κ3) is 2.77. The zero-order valence-corrected chi connectivity index (χ0v) is 10.6. The van der Waals surface area contributed by atoms with Crippen LogP contribution in [0.2, 0.25) is 0 Å². The maximum absolute atomic E-state index is 13.6. The Labute approximate surface area is 118 Å². The van der Waals surface area contributed by atoms with Gasteiger partial charge in [-0.2, -0.15) is 15.0 Å². The second-order valence-electron chi connectivity index (χ2n) is 3.89. The molecule has 2 aromatic heterocycles. The van der Waals surface area contributed by atoms with Crippen LogP contribution in [0.15, 0.2) is 43.0 Å². The Morgan fingerprint density at radius 1 is 1.19 bits per heavy atom. The van der Waals surface area contributed by atoms with Gasteiger partial charge in [0, 0.05) is 12.4 Å². The first-order valence-corrected chi connectivity index (χ1v) is 5.89. The molecule has 0 spiro atoms. The van der Waals surface area contributed by atoms with Gasteiger partial charge < -0.3 is 4.74 Å². The highest BCUT2D eigenvalue weighted by atomic mass is 19.1. The van der Waals surface area contributed by atoms with Crippen molar-refractivity contribution in [3.05, 3.63) is 48.8 Å². The number of anilines is 1. The minimum absolute atomic E-state index is 0.00301. The molecule has 3 aromatic rings. The molecular formula is C12H10FN7O. The summed E-state index contributed by atoms with van der Waals surface area (Å²) in [5.41, 5.74) is 2.30. The van der Waals surface area contributed by atoms with Gasteiger partial charge in [-0.25, -0.2) is 15.2 Å². The average Bonchev–Trinajstić information content (AvgIpc) is 3.04. The highest BCUT2D eigenvalue weighted by molar-refractivity contribution is 5.32. The number of benzene rings is 1. The molecule has 3 rings (SSSR count). The van der Waals surface area contributed by atoms with Crippen LogP contribution in [0, 0.1) is 5.82 Å². The van der Waals surface area contributed by atoms with Gasteiger partial charge in [-0.05, 0) is 12.1 Å². The average molecular weight is 287 g/mol. The van der Waals surface area contributed by atoms with Gasteiger partial charge in [0.15, 0.2) is 11.6 Å². The van der Waals surface area contributed by atoms with E-state index in [4.69, 9.17) is 10.6 Å². The van der Waals surface area contributed by atoms with Gasteiger partial charge in [0.25, 0.3) is 0 Å². The summed E-state index contributed by atoms with van der Waals surface area (Å²) in [5.74, 6) is 5.11. The van der Waals surface area contributed by atoms with E-state index in [-0.39, 0.29) is 23.7 Å². The molecule has 21 heavy (non-hydrogen) atoms. The highest BCUT2D eigenvalue weighted by Crippen LogP contribution is 2.22. The maximum Gasteiger partial charge on any atom is 0.328 e. The SMILES string of the molecule is NNc1nc(Oc2ccccc2F)nc(-n2ccnc2)n1. The predicted molar refractivity (Wildman–Crippen MR) is 71.2 cm³/mol. The van der Waals surface area contributed by atoms with Gasteiger partial charge in [-0.15, -0.1) is 0 Å². The van der Waals surface area contributed by atoms with Crippen LogP contribution in [-0.4, -0.2) is 24.5 Å². The van der Waals surface area contributed by atoms with Crippen molar-refractivity contribution in [2.45, 2.75) is 0 Å². The number of rotatable bonds is 4. The Morgan fingerprint density at radius 3 is 2.76 bits per heavy atom. The van der Waals surface area contributed by atoms with Crippen LogP contribution in [0.3, 0.4) is 0 Å². The number of nitrogen functional groups attached to an aromatic ring is 1. The van der Waals surface area contributed by atoms with Crippen molar-refractivity contribution < 1.29 is 9.13 Å². The number of halogens is 1. The molecule has 0 aliphatic carbocycles. The summed E-state index contributed by atoms with van der Waals surface area (Å²) in [4.78, 5) is 15.9. The first kappa shape index (κ1) is 12.9. The molecule has 0 fully saturated rings. The Balaban J connectivity index is 1.99. The van der Waals surface area contributed by atoms with Crippen LogP contribution in [0.5, 0.6) is 11.8 Å². The molecule has 0 amide bonds. The van der Waals surface area contributed by atoms with Crippen LogP contribution in [0.4, 0.5) is 10.3 Å². The third-order valence-corrected chi connectivity index (χ3v) is 2.51. The molecule has 9 heteroatoms. The fourth-order valence-electron chi connectivity index (χ4n) is 1.57. The van der Waals surface area contributed by atoms with E-state index in [0.29, 0.717) is 0 Å². The zero-order valence-electron chi connectivity index (χ0n) is 10.6. The molecule has 8 nitrogen and oxygen atoms in total. The van der Waals surface area contributed by atoms with Crippen molar-refractivity contribution in [3.8, 4) is 17.7 Å². The molecule has 106 valence electrons. The summed E-state index contributed by atoms with van der Waals surface area (Å²) < 4.78 is 20.4. The molecule has 0 saturated heterocycles. The summed E-state index contributed by atoms with van der Waals surface area (Å²) >= 11 is 0. The molecule has 1 aromatic carbocycles. The van der Waals surface area contributed by atoms with Crippen molar-refractivity contribution in [1.82, 2.24) is 24.5 Å². The van der Waals surface area contributed by atoms with Crippen LogP contribution in [-0.2, 0) is 0 Å². The number of hydrazine groups is 1. The maximum atomic E-state index is 13.6. The van der Waals surface area contributed by atoms with Crippen molar-refractivity contribution in [2.75, 3.05) is 5.43 Å². The number of hydrogen-bond donors (Lipinski definition) is 2. The van der Waals surface area contributed by atoms with Crippen molar-refractivity contribution in [2.24, 2.45) is 5.84 Å². The number of nitrogens with one attached hydrogen (secondary N) is 1. The van der Waals surface area contributed by atoms with E-state index in [9.17, 15) is 4.39 Å². The van der Waals surface area contributed by atoms with Gasteiger partial charge in [-0.3, -0.25) is 9.99 Å². The standard InChI is InChI=1S/C12H10FN7O/c13-8-3-1-2-4-9(8)21-12-17-10(19-14)16-11(18-12)20-6-5-15-7-20/h1-7H,14H2,(H,16,17,18,19). The second-order valence-corrected chi connectivity index (χ2v) is 3.89. The highest BCUT2D eigenvalue weighted by Gasteiger charge is 2.11. The van der Waals surface area contributed by atoms with Crippen LogP contribution < -0.4 is 16.0 Å². The Morgan fingerprint density at radius 2 is 2.05 bits per heavy atom. The van der Waals surface area contributed by atoms with E-state index in [0.717, 1.165) is 0 Å². The molecular weight excluding hydrogens is 277 g/mol. The van der Waals surface area contributed by atoms with E-state index >= 15 is 0 Å². The molecule has 0 unspecified atom stereocenters. The van der Waals surface area contributed by atoms with E-state index < -0.39 is 5.82 Å². The molecule has 2 heterocycles. The Bertz CT molecular complexity index is 747. The van der Waals surface area contributed by atoms with Crippen molar-refractivity contribution >= 4 is 5.95 Å². The first-order chi connectivity index (χ1) is 10.3. The monoisotopic (exact) mass is 287 g/mol. The van der Waals surface area contributed by atoms with E-state index in [2.05, 4.69) is 25.4 Å². The number of ether oxygens (including phenoxy) is 1. The van der Waals surface area contributed by atoms with Crippen molar-refractivity contribution in [1.29, 1.82) is 0 Å². The third-order valence-electron chi connectivity index (χ3n) is 2.51. The van der Waals surface area contributed by atoms with Crippen LogP contribution in [0.1, 0.15) is 0 Å². The summed E-state index contributed by atoms with van der Waals surface area (Å²) in [6.45, 7) is 0. The number of aromatic nitrogens is 5. The summed E-state index contributed by atoms with van der Waals surface area (Å²) in [5, 5.41) is 0. The smallest absolute Gasteiger partial charge is 0.328 e. The quantitative estimate of drug-likeness (QED) is 0.550. The van der Waals surface area contributed by atoms with E-state index in [1.54, 1.807) is 24.5 Å². The van der Waals surface area contributed by atoms with Crippen LogP contribution >= 0.6 is 0 Å². The van der Waals surface area contributed by atoms with E-state index in [1.165, 1.54) is 23.0 Å². The lowest BCUT2D eigenvalue weighted by atomic mass is 10.3. The molecule has 0 aliphatic rings. The lowest BCUT2D eigenvalue weighted by Crippen LogP contribution is -2.13. The van der Waals surface area contributed by atoms with Crippen LogP contribution in [0.25, 0.3) is 5.95 Å². The largest absolute Gasteiger partial charge is 0.421 e. The normalized spacial score (nSPS) is 10.4. The van der Waals surface area contributed by atoms with Gasteiger partial charge in [0.05, 0.1) is 0 Å². The number of para-hydroxylation sites is 1. The second kappa shape index (κ2) is 5.51. The molecule has 0 atom stereocenters. The zero-order chi connectivity index (χ0) is 14.7. The van der Waals surface area contributed by atoms with E-state index in [1.807, 2.05) is 0 Å². The van der Waals surface area contributed by atoms with Gasteiger partial charge in [0.1, 0.15) is 6.33 Å². The lowest BCUT2D eigenvalue weighted by Gasteiger charge is -2.08. The van der Waals surface area contributed by atoms with Gasteiger partial charge >= 0.3 is 6.01 Å². The van der Waals surface area contributed by atoms with Gasteiger partial charge in [-0.1, -0.05) is 12.1 Å². The number of nitrogens with zero attached hydrogens (tertiary/aromatic N) is 5. The molecule has 0 aliphatic heterocycles.